The van der Waals surface area contributed by atoms with E-state index in [9.17, 15) is 14.4 Å². The highest BCUT2D eigenvalue weighted by atomic mass is 79.9. The normalized spacial score (nSPS) is 10.9. The molecular formula is C24H21BrN4O3. The Balaban J connectivity index is 1.55. The molecule has 0 spiro atoms. The van der Waals surface area contributed by atoms with E-state index in [0.717, 1.165) is 15.6 Å². The zero-order chi connectivity index (χ0) is 22.7. The summed E-state index contributed by atoms with van der Waals surface area (Å²) in [6, 6.07) is 18.3. The van der Waals surface area contributed by atoms with Crippen LogP contribution in [0.25, 0.3) is 11.2 Å². The Morgan fingerprint density at radius 2 is 1.72 bits per heavy atom. The van der Waals surface area contributed by atoms with Crippen molar-refractivity contribution in [2.75, 3.05) is 0 Å². The quantitative estimate of drug-likeness (QED) is 0.418. The molecule has 32 heavy (non-hydrogen) atoms. The second kappa shape index (κ2) is 9.32. The number of nitrogens with zero attached hydrogens (tertiary/aromatic N) is 3. The van der Waals surface area contributed by atoms with Crippen LogP contribution in [0.5, 0.6) is 0 Å². The number of rotatable bonds is 6. The van der Waals surface area contributed by atoms with Crippen molar-refractivity contribution in [3.63, 3.8) is 0 Å². The molecule has 2 heterocycles. The highest BCUT2D eigenvalue weighted by Gasteiger charge is 2.13. The van der Waals surface area contributed by atoms with Crippen LogP contribution in [-0.4, -0.2) is 20.0 Å². The van der Waals surface area contributed by atoms with E-state index >= 15 is 0 Å². The maximum absolute atomic E-state index is 12.7. The maximum atomic E-state index is 12.7. The lowest BCUT2D eigenvalue weighted by Gasteiger charge is -2.13. The third-order valence-electron chi connectivity index (χ3n) is 5.20. The van der Waals surface area contributed by atoms with E-state index in [-0.39, 0.29) is 12.5 Å². The van der Waals surface area contributed by atoms with Gasteiger partial charge in [-0.15, -0.1) is 0 Å². The van der Waals surface area contributed by atoms with Gasteiger partial charge in [-0.1, -0.05) is 40.2 Å². The lowest BCUT2D eigenvalue weighted by Crippen LogP contribution is -2.41. The second-order valence-corrected chi connectivity index (χ2v) is 8.21. The Kier molecular flexibility index (Phi) is 6.32. The predicted octanol–water partition coefficient (Wildman–Crippen LogP) is 3.32. The van der Waals surface area contributed by atoms with Gasteiger partial charge in [0.25, 0.3) is 5.91 Å². The number of hydrogen-bond donors (Lipinski definition) is 1. The zero-order valence-electron chi connectivity index (χ0n) is 17.4. The smallest absolute Gasteiger partial charge is 0.318 e. The summed E-state index contributed by atoms with van der Waals surface area (Å²) in [5.74, 6) is -0.186. The molecule has 0 aliphatic heterocycles. The molecule has 2 aromatic heterocycles. The number of aryl methyl sites for hydroxylation is 1. The standard InChI is InChI=1S/C24H21BrN4O3/c1-2-28-21-20(7-4-12-26-21)29(24(32)23(28)31)15-16-8-10-18(11-9-16)22(30)27-14-17-5-3-6-19(25)13-17/h3-13H,2,14-15H2,1H3,(H,27,30). The molecule has 0 saturated heterocycles. The Morgan fingerprint density at radius 1 is 0.969 bits per heavy atom. The molecule has 0 aliphatic carbocycles. The van der Waals surface area contributed by atoms with Crippen LogP contribution in [0.2, 0.25) is 0 Å². The summed E-state index contributed by atoms with van der Waals surface area (Å²) >= 11 is 3.42. The van der Waals surface area contributed by atoms with Crippen molar-refractivity contribution in [2.45, 2.75) is 26.6 Å². The predicted molar refractivity (Wildman–Crippen MR) is 127 cm³/mol. The van der Waals surface area contributed by atoms with Crippen molar-refractivity contribution in [1.29, 1.82) is 0 Å². The van der Waals surface area contributed by atoms with Crippen LogP contribution in [-0.2, 0) is 19.6 Å². The number of carbonyl (C=O) groups excluding carboxylic acids is 1. The molecule has 8 heteroatoms. The molecule has 7 nitrogen and oxygen atoms in total. The molecule has 4 rings (SSSR count). The molecule has 0 bridgehead atoms. The number of carbonyl (C=O) groups is 1. The Hall–Kier alpha value is -3.52. The van der Waals surface area contributed by atoms with E-state index in [4.69, 9.17) is 0 Å². The topological polar surface area (TPSA) is 86.0 Å². The van der Waals surface area contributed by atoms with Gasteiger partial charge >= 0.3 is 11.1 Å². The summed E-state index contributed by atoms with van der Waals surface area (Å²) in [4.78, 5) is 42.0. The molecule has 162 valence electrons. The van der Waals surface area contributed by atoms with Gasteiger partial charge < -0.3 is 5.32 Å². The van der Waals surface area contributed by atoms with Gasteiger partial charge in [-0.2, -0.15) is 0 Å². The van der Waals surface area contributed by atoms with Crippen molar-refractivity contribution < 1.29 is 4.79 Å². The van der Waals surface area contributed by atoms with Crippen molar-refractivity contribution in [1.82, 2.24) is 19.4 Å². The van der Waals surface area contributed by atoms with Crippen molar-refractivity contribution in [2.24, 2.45) is 0 Å². The van der Waals surface area contributed by atoms with Crippen molar-refractivity contribution >= 4 is 33.0 Å². The number of nitrogens with one attached hydrogen (secondary N) is 1. The van der Waals surface area contributed by atoms with Crippen molar-refractivity contribution in [3.05, 3.63) is 109 Å². The summed E-state index contributed by atoms with van der Waals surface area (Å²) in [5, 5.41) is 2.90. The first-order chi connectivity index (χ1) is 15.5. The highest BCUT2D eigenvalue weighted by molar-refractivity contribution is 9.10. The fourth-order valence-corrected chi connectivity index (χ4v) is 4.02. The second-order valence-electron chi connectivity index (χ2n) is 7.30. The molecule has 0 radical (unpaired) electrons. The van der Waals surface area contributed by atoms with Crippen LogP contribution in [0.1, 0.15) is 28.4 Å². The van der Waals surface area contributed by atoms with E-state index in [1.54, 1.807) is 49.5 Å². The molecule has 0 unspecified atom stereocenters. The van der Waals surface area contributed by atoms with E-state index in [2.05, 4.69) is 26.2 Å². The minimum Gasteiger partial charge on any atom is -0.348 e. The first kappa shape index (κ1) is 21.7. The Labute approximate surface area is 192 Å². The molecule has 0 atom stereocenters. The Bertz CT molecular complexity index is 1410. The van der Waals surface area contributed by atoms with Gasteiger partial charge in [0.05, 0.1) is 12.1 Å². The van der Waals surface area contributed by atoms with Crippen LogP contribution >= 0.6 is 15.9 Å². The van der Waals surface area contributed by atoms with Gasteiger partial charge in [-0.05, 0) is 54.4 Å². The Morgan fingerprint density at radius 3 is 2.44 bits per heavy atom. The van der Waals surface area contributed by atoms with Gasteiger partial charge in [-0.25, -0.2) is 4.98 Å². The molecule has 1 amide bonds. The van der Waals surface area contributed by atoms with Crippen LogP contribution in [0, 0.1) is 0 Å². The number of halogens is 1. The van der Waals surface area contributed by atoms with Gasteiger partial charge in [-0.3, -0.25) is 23.5 Å². The van der Waals surface area contributed by atoms with Crippen LogP contribution in [0.15, 0.2) is 80.9 Å². The van der Waals surface area contributed by atoms with E-state index in [1.807, 2.05) is 24.3 Å². The van der Waals surface area contributed by atoms with Gasteiger partial charge in [0.2, 0.25) is 0 Å². The SMILES string of the molecule is CCn1c(=O)c(=O)n(Cc2ccc(C(=O)NCc3cccc(Br)c3)cc2)c2cccnc21. The fourth-order valence-electron chi connectivity index (χ4n) is 3.57. The monoisotopic (exact) mass is 492 g/mol. The van der Waals surface area contributed by atoms with Gasteiger partial charge in [0, 0.05) is 29.3 Å². The van der Waals surface area contributed by atoms with Crippen molar-refractivity contribution in [3.8, 4) is 0 Å². The summed E-state index contributed by atoms with van der Waals surface area (Å²) in [6.07, 6.45) is 1.60. The lowest BCUT2D eigenvalue weighted by molar-refractivity contribution is 0.0951. The van der Waals surface area contributed by atoms with E-state index in [1.165, 1.54) is 9.13 Å². The average molecular weight is 493 g/mol. The fraction of sp³-hybridized carbons (Fsp3) is 0.167. The number of pyridine rings is 1. The third kappa shape index (κ3) is 4.40. The summed E-state index contributed by atoms with van der Waals surface area (Å²) in [5.41, 5.74) is 2.19. The number of benzene rings is 2. The largest absolute Gasteiger partial charge is 0.348 e. The molecule has 4 aromatic rings. The third-order valence-corrected chi connectivity index (χ3v) is 5.69. The zero-order valence-corrected chi connectivity index (χ0v) is 19.0. The molecule has 0 aliphatic rings. The molecule has 1 N–H and O–H groups in total. The highest BCUT2D eigenvalue weighted by Crippen LogP contribution is 2.13. The van der Waals surface area contributed by atoms with Crippen LogP contribution in [0.3, 0.4) is 0 Å². The first-order valence-electron chi connectivity index (χ1n) is 10.2. The maximum Gasteiger partial charge on any atom is 0.318 e. The van der Waals surface area contributed by atoms with Gasteiger partial charge in [0.1, 0.15) is 0 Å². The molecular weight excluding hydrogens is 472 g/mol. The molecule has 0 fully saturated rings. The molecule has 2 aromatic carbocycles. The summed E-state index contributed by atoms with van der Waals surface area (Å²) in [6.45, 7) is 2.80. The van der Waals surface area contributed by atoms with E-state index in [0.29, 0.717) is 29.8 Å². The van der Waals surface area contributed by atoms with Gasteiger partial charge in [0.15, 0.2) is 5.65 Å². The van der Waals surface area contributed by atoms with Crippen LogP contribution < -0.4 is 16.4 Å². The molecule has 0 saturated carbocycles. The number of aromatic nitrogens is 3. The number of fused-ring (bicyclic) bond motifs is 1. The minimum absolute atomic E-state index is 0.186. The van der Waals surface area contributed by atoms with Crippen LogP contribution in [0.4, 0.5) is 0 Å². The summed E-state index contributed by atoms with van der Waals surface area (Å²) < 4.78 is 3.77. The van der Waals surface area contributed by atoms with E-state index < -0.39 is 11.1 Å². The number of amides is 1. The number of hydrogen-bond acceptors (Lipinski definition) is 4. The summed E-state index contributed by atoms with van der Waals surface area (Å²) in [7, 11) is 0. The minimum atomic E-state index is -0.595. The lowest BCUT2D eigenvalue weighted by atomic mass is 10.1. The average Bonchev–Trinajstić information content (AvgIpc) is 2.81. The first-order valence-corrected chi connectivity index (χ1v) is 11.0.